The Morgan fingerprint density at radius 3 is 1.77 bits per heavy atom. The fraction of sp³-hybridized carbons (Fsp3) is 0.368. The summed E-state index contributed by atoms with van der Waals surface area (Å²) in [6.07, 6.45) is 0.328. The maximum atomic E-state index is 6.83. The topological polar surface area (TPSA) is 9.23 Å². The Bertz CT molecular complexity index is 550. The SMILES string of the molecule is CC(C)(C)C(O[SiH](c1ccccc1)c1ccccc1)C1CS1. The standard InChI is InChI=1S/C19H24OSSi/c1-19(2,3)18(17-14-21-17)20-22(15-10-6-4-7-11-15)16-12-8-5-9-13-16/h4-13,17-18,22H,14H2,1-3H3. The van der Waals surface area contributed by atoms with Gasteiger partial charge in [-0.25, -0.2) is 0 Å². The molecular formula is C19H24OSSi. The summed E-state index contributed by atoms with van der Waals surface area (Å²) in [5, 5.41) is 3.41. The molecule has 0 N–H and O–H groups in total. The third kappa shape index (κ3) is 3.83. The lowest BCUT2D eigenvalue weighted by Crippen LogP contribution is -2.51. The molecule has 0 saturated carbocycles. The molecule has 0 aliphatic carbocycles. The lowest BCUT2D eigenvalue weighted by atomic mass is 9.88. The fourth-order valence-corrected chi connectivity index (χ4v) is 6.61. The third-order valence-electron chi connectivity index (χ3n) is 4.04. The molecule has 116 valence electrons. The molecule has 0 aromatic heterocycles. The van der Waals surface area contributed by atoms with E-state index in [1.807, 2.05) is 11.8 Å². The van der Waals surface area contributed by atoms with E-state index in [4.69, 9.17) is 4.43 Å². The number of hydrogen-bond acceptors (Lipinski definition) is 2. The van der Waals surface area contributed by atoms with Gasteiger partial charge in [-0.3, -0.25) is 0 Å². The first-order chi connectivity index (χ1) is 10.6. The largest absolute Gasteiger partial charge is 0.406 e. The molecule has 3 rings (SSSR count). The molecule has 2 aromatic carbocycles. The molecule has 2 unspecified atom stereocenters. The molecule has 1 heterocycles. The second-order valence-corrected chi connectivity index (χ2v) is 10.6. The molecule has 1 nitrogen and oxygen atoms in total. The molecule has 22 heavy (non-hydrogen) atoms. The Hall–Kier alpha value is -1.03. The van der Waals surface area contributed by atoms with Crippen LogP contribution >= 0.6 is 11.8 Å². The average molecular weight is 329 g/mol. The summed E-state index contributed by atoms with van der Waals surface area (Å²) in [6, 6.07) is 21.6. The van der Waals surface area contributed by atoms with E-state index in [0.29, 0.717) is 11.4 Å². The van der Waals surface area contributed by atoms with E-state index in [9.17, 15) is 0 Å². The van der Waals surface area contributed by atoms with Crippen molar-refractivity contribution in [1.29, 1.82) is 0 Å². The van der Waals surface area contributed by atoms with Crippen molar-refractivity contribution < 1.29 is 4.43 Å². The minimum Gasteiger partial charge on any atom is -0.406 e. The first-order valence-corrected chi connectivity index (χ1v) is 10.6. The van der Waals surface area contributed by atoms with Crippen LogP contribution in [-0.2, 0) is 4.43 Å². The second kappa shape index (κ2) is 6.61. The van der Waals surface area contributed by atoms with E-state index in [-0.39, 0.29) is 5.41 Å². The highest BCUT2D eigenvalue weighted by atomic mass is 32.2. The summed E-state index contributed by atoms with van der Waals surface area (Å²) >= 11 is 2.03. The smallest absolute Gasteiger partial charge is 0.240 e. The van der Waals surface area contributed by atoms with Crippen molar-refractivity contribution in [2.75, 3.05) is 5.75 Å². The van der Waals surface area contributed by atoms with Gasteiger partial charge in [0.25, 0.3) is 0 Å². The Morgan fingerprint density at radius 2 is 1.41 bits per heavy atom. The molecule has 0 amide bonds. The minimum atomic E-state index is -1.64. The van der Waals surface area contributed by atoms with Gasteiger partial charge < -0.3 is 4.43 Å². The zero-order chi connectivity index (χ0) is 15.6. The van der Waals surface area contributed by atoms with Crippen LogP contribution in [-0.4, -0.2) is 26.1 Å². The van der Waals surface area contributed by atoms with Crippen molar-refractivity contribution in [2.45, 2.75) is 32.1 Å². The molecule has 2 aromatic rings. The number of rotatable bonds is 5. The predicted molar refractivity (Wildman–Crippen MR) is 99.9 cm³/mol. The lowest BCUT2D eigenvalue weighted by Gasteiger charge is -2.34. The molecule has 1 aliphatic heterocycles. The van der Waals surface area contributed by atoms with Crippen LogP contribution < -0.4 is 10.4 Å². The molecule has 3 heteroatoms. The van der Waals surface area contributed by atoms with Crippen LogP contribution in [0.25, 0.3) is 0 Å². The van der Waals surface area contributed by atoms with E-state index < -0.39 is 9.04 Å². The zero-order valence-corrected chi connectivity index (χ0v) is 15.5. The van der Waals surface area contributed by atoms with Crippen molar-refractivity contribution in [1.82, 2.24) is 0 Å². The number of thioether (sulfide) groups is 1. The van der Waals surface area contributed by atoms with Gasteiger partial charge in [-0.1, -0.05) is 81.4 Å². The molecule has 0 spiro atoms. The zero-order valence-electron chi connectivity index (χ0n) is 13.5. The van der Waals surface area contributed by atoms with Crippen LogP contribution in [0.4, 0.5) is 0 Å². The summed E-state index contributed by atoms with van der Waals surface area (Å²) in [5.74, 6) is 1.24. The van der Waals surface area contributed by atoms with E-state index in [1.54, 1.807) is 0 Å². The molecule has 0 bridgehead atoms. The summed E-state index contributed by atoms with van der Waals surface area (Å²) in [4.78, 5) is 0. The highest BCUT2D eigenvalue weighted by molar-refractivity contribution is 8.07. The van der Waals surface area contributed by atoms with Crippen molar-refractivity contribution in [2.24, 2.45) is 5.41 Å². The van der Waals surface area contributed by atoms with E-state index in [0.717, 1.165) is 0 Å². The summed E-state index contributed by atoms with van der Waals surface area (Å²) in [7, 11) is -1.64. The Balaban J connectivity index is 1.92. The van der Waals surface area contributed by atoms with Crippen LogP contribution in [0, 0.1) is 5.41 Å². The molecule has 0 radical (unpaired) electrons. The maximum Gasteiger partial charge on any atom is 0.240 e. The third-order valence-corrected chi connectivity index (χ3v) is 7.55. The first kappa shape index (κ1) is 15.8. The van der Waals surface area contributed by atoms with Crippen molar-refractivity contribution in [3.05, 3.63) is 60.7 Å². The monoisotopic (exact) mass is 328 g/mol. The van der Waals surface area contributed by atoms with Gasteiger partial charge in [0.05, 0.1) is 6.10 Å². The van der Waals surface area contributed by atoms with Gasteiger partial charge in [-0.2, -0.15) is 11.8 Å². The average Bonchev–Trinajstić information content (AvgIpc) is 3.33. The lowest BCUT2D eigenvalue weighted by molar-refractivity contribution is 0.0976. The summed E-state index contributed by atoms with van der Waals surface area (Å²) in [6.45, 7) is 6.91. The Morgan fingerprint density at radius 1 is 0.955 bits per heavy atom. The Kier molecular flexibility index (Phi) is 4.76. The van der Waals surface area contributed by atoms with Crippen molar-refractivity contribution >= 4 is 31.2 Å². The van der Waals surface area contributed by atoms with E-state index >= 15 is 0 Å². The molecular weight excluding hydrogens is 304 g/mol. The van der Waals surface area contributed by atoms with Crippen LogP contribution in [0.5, 0.6) is 0 Å². The number of benzene rings is 2. The normalized spacial score (nSPS) is 19.2. The Labute approximate surface area is 139 Å². The minimum absolute atomic E-state index is 0.184. The van der Waals surface area contributed by atoms with Gasteiger partial charge in [0.2, 0.25) is 9.04 Å². The van der Waals surface area contributed by atoms with Crippen LogP contribution in [0.15, 0.2) is 60.7 Å². The molecule has 1 saturated heterocycles. The highest BCUT2D eigenvalue weighted by Crippen LogP contribution is 2.42. The molecule has 2 atom stereocenters. The summed E-state index contributed by atoms with van der Waals surface area (Å²) in [5.41, 5.74) is 0.184. The number of hydrogen-bond donors (Lipinski definition) is 0. The van der Waals surface area contributed by atoms with Crippen LogP contribution in [0.1, 0.15) is 20.8 Å². The fourth-order valence-electron chi connectivity index (χ4n) is 2.83. The summed E-state index contributed by atoms with van der Waals surface area (Å²) < 4.78 is 6.83. The van der Waals surface area contributed by atoms with Gasteiger partial charge in [0.15, 0.2) is 0 Å². The van der Waals surface area contributed by atoms with Crippen LogP contribution in [0.3, 0.4) is 0 Å². The second-order valence-electron chi connectivity index (χ2n) is 7.00. The quantitative estimate of drug-likeness (QED) is 0.616. The van der Waals surface area contributed by atoms with Crippen LogP contribution in [0.2, 0.25) is 0 Å². The predicted octanol–water partition coefficient (Wildman–Crippen LogP) is 3.07. The van der Waals surface area contributed by atoms with E-state index in [2.05, 4.69) is 81.4 Å². The van der Waals surface area contributed by atoms with Crippen molar-refractivity contribution in [3.63, 3.8) is 0 Å². The maximum absolute atomic E-state index is 6.83. The molecule has 1 fully saturated rings. The van der Waals surface area contributed by atoms with Crippen molar-refractivity contribution in [3.8, 4) is 0 Å². The van der Waals surface area contributed by atoms with E-state index in [1.165, 1.54) is 16.1 Å². The van der Waals surface area contributed by atoms with Gasteiger partial charge >= 0.3 is 0 Å². The van der Waals surface area contributed by atoms with Gasteiger partial charge in [-0.15, -0.1) is 0 Å². The highest BCUT2D eigenvalue weighted by Gasteiger charge is 2.42. The van der Waals surface area contributed by atoms with Gasteiger partial charge in [-0.05, 0) is 15.8 Å². The molecule has 1 aliphatic rings. The van der Waals surface area contributed by atoms with Gasteiger partial charge in [0, 0.05) is 11.0 Å². The first-order valence-electron chi connectivity index (χ1n) is 7.92. The van der Waals surface area contributed by atoms with Gasteiger partial charge in [0.1, 0.15) is 0 Å².